The van der Waals surface area contributed by atoms with E-state index in [9.17, 15) is 8.42 Å². The zero-order chi connectivity index (χ0) is 15.7. The monoisotopic (exact) mass is 335 g/mol. The molecule has 0 radical (unpaired) electrons. The lowest BCUT2D eigenvalue weighted by Gasteiger charge is -2.24. The standard InChI is InChI=1S/C17H18ClNO2S/c1-13-7-9-16(10-8-13)22(20,21)19-11-3-6-17(19)14-4-2-5-15(18)12-14/h2,4-5,7-10,12,17H,3,6,11H2,1H3/t17-/m0/s1. The van der Waals surface area contributed by atoms with Crippen LogP contribution in [-0.2, 0) is 10.0 Å². The Balaban J connectivity index is 1.97. The third-order valence-corrected chi connectivity index (χ3v) is 6.22. The number of rotatable bonds is 3. The fourth-order valence-corrected chi connectivity index (χ4v) is 4.80. The summed E-state index contributed by atoms with van der Waals surface area (Å²) in [5, 5.41) is 0.636. The van der Waals surface area contributed by atoms with E-state index in [1.165, 1.54) is 0 Å². The SMILES string of the molecule is Cc1ccc(S(=O)(=O)N2CCC[C@H]2c2cccc(Cl)c2)cc1. The van der Waals surface area contributed by atoms with E-state index < -0.39 is 10.0 Å². The molecule has 1 aliphatic heterocycles. The first-order chi connectivity index (χ1) is 10.5. The Bertz CT molecular complexity index is 772. The molecule has 1 heterocycles. The van der Waals surface area contributed by atoms with Gasteiger partial charge in [0.25, 0.3) is 0 Å². The van der Waals surface area contributed by atoms with Gasteiger partial charge >= 0.3 is 0 Å². The molecule has 0 unspecified atom stereocenters. The Kier molecular flexibility index (Phi) is 4.26. The van der Waals surface area contributed by atoms with Gasteiger partial charge in [-0.2, -0.15) is 4.31 Å². The van der Waals surface area contributed by atoms with Gasteiger partial charge in [0.2, 0.25) is 10.0 Å². The Morgan fingerprint density at radius 1 is 1.14 bits per heavy atom. The Hall–Kier alpha value is -1.36. The maximum absolute atomic E-state index is 12.9. The van der Waals surface area contributed by atoms with Gasteiger partial charge in [-0.3, -0.25) is 0 Å². The molecule has 0 saturated carbocycles. The van der Waals surface area contributed by atoms with E-state index in [0.717, 1.165) is 24.0 Å². The molecule has 22 heavy (non-hydrogen) atoms. The molecule has 0 amide bonds. The molecule has 1 fully saturated rings. The van der Waals surface area contributed by atoms with E-state index >= 15 is 0 Å². The van der Waals surface area contributed by atoms with Crippen molar-refractivity contribution in [2.45, 2.75) is 30.7 Å². The second kappa shape index (κ2) is 6.03. The quantitative estimate of drug-likeness (QED) is 0.844. The Morgan fingerprint density at radius 3 is 2.55 bits per heavy atom. The summed E-state index contributed by atoms with van der Waals surface area (Å²) < 4.78 is 27.4. The molecular formula is C17H18ClNO2S. The van der Waals surface area contributed by atoms with E-state index in [1.807, 2.05) is 37.3 Å². The van der Waals surface area contributed by atoms with Crippen molar-refractivity contribution >= 4 is 21.6 Å². The summed E-state index contributed by atoms with van der Waals surface area (Å²) in [7, 11) is -3.48. The van der Waals surface area contributed by atoms with Crippen molar-refractivity contribution in [3.05, 3.63) is 64.7 Å². The molecule has 3 nitrogen and oxygen atoms in total. The van der Waals surface area contributed by atoms with Crippen LogP contribution in [0.4, 0.5) is 0 Å². The highest BCUT2D eigenvalue weighted by Crippen LogP contribution is 2.37. The highest BCUT2D eigenvalue weighted by atomic mass is 35.5. The van der Waals surface area contributed by atoms with Crippen LogP contribution in [0.15, 0.2) is 53.4 Å². The topological polar surface area (TPSA) is 37.4 Å². The summed E-state index contributed by atoms with van der Waals surface area (Å²) in [4.78, 5) is 0.354. The van der Waals surface area contributed by atoms with Crippen LogP contribution in [-0.4, -0.2) is 19.3 Å². The predicted octanol–water partition coefficient (Wildman–Crippen LogP) is 4.17. The van der Waals surface area contributed by atoms with Crippen molar-refractivity contribution in [2.75, 3.05) is 6.54 Å². The van der Waals surface area contributed by atoms with Crippen LogP contribution in [0.2, 0.25) is 5.02 Å². The van der Waals surface area contributed by atoms with Crippen LogP contribution in [0.3, 0.4) is 0 Å². The zero-order valence-electron chi connectivity index (χ0n) is 12.4. The zero-order valence-corrected chi connectivity index (χ0v) is 13.9. The molecule has 0 aromatic heterocycles. The molecule has 1 atom stereocenters. The lowest BCUT2D eigenvalue weighted by molar-refractivity contribution is 0.396. The average Bonchev–Trinajstić information content (AvgIpc) is 2.98. The summed E-state index contributed by atoms with van der Waals surface area (Å²) in [5.74, 6) is 0. The number of halogens is 1. The van der Waals surface area contributed by atoms with Gasteiger partial charge in [0.1, 0.15) is 0 Å². The van der Waals surface area contributed by atoms with Crippen molar-refractivity contribution in [3.63, 3.8) is 0 Å². The largest absolute Gasteiger partial charge is 0.243 e. The second-order valence-electron chi connectivity index (χ2n) is 5.64. The molecular weight excluding hydrogens is 318 g/mol. The number of hydrogen-bond donors (Lipinski definition) is 0. The predicted molar refractivity (Wildman–Crippen MR) is 88.5 cm³/mol. The van der Waals surface area contributed by atoms with Gasteiger partial charge in [-0.15, -0.1) is 0 Å². The molecule has 0 aliphatic carbocycles. The van der Waals surface area contributed by atoms with Crippen LogP contribution in [0.5, 0.6) is 0 Å². The molecule has 0 bridgehead atoms. The van der Waals surface area contributed by atoms with E-state index in [0.29, 0.717) is 16.5 Å². The fraction of sp³-hybridized carbons (Fsp3) is 0.294. The van der Waals surface area contributed by atoms with Crippen molar-refractivity contribution in [2.24, 2.45) is 0 Å². The summed E-state index contributed by atoms with van der Waals surface area (Å²) >= 11 is 6.05. The lowest BCUT2D eigenvalue weighted by atomic mass is 10.1. The van der Waals surface area contributed by atoms with Gasteiger partial charge in [0, 0.05) is 11.6 Å². The van der Waals surface area contributed by atoms with Crippen LogP contribution in [0.1, 0.15) is 30.0 Å². The third kappa shape index (κ3) is 2.91. The van der Waals surface area contributed by atoms with Crippen LogP contribution < -0.4 is 0 Å². The van der Waals surface area contributed by atoms with Crippen LogP contribution >= 0.6 is 11.6 Å². The normalized spacial score (nSPS) is 19.5. The number of nitrogens with zero attached hydrogens (tertiary/aromatic N) is 1. The van der Waals surface area contributed by atoms with E-state index in [-0.39, 0.29) is 6.04 Å². The van der Waals surface area contributed by atoms with E-state index in [1.54, 1.807) is 22.5 Å². The van der Waals surface area contributed by atoms with Gasteiger partial charge in [0.05, 0.1) is 10.9 Å². The van der Waals surface area contributed by atoms with Crippen molar-refractivity contribution in [3.8, 4) is 0 Å². The molecule has 0 N–H and O–H groups in total. The first-order valence-electron chi connectivity index (χ1n) is 7.32. The van der Waals surface area contributed by atoms with E-state index in [4.69, 9.17) is 11.6 Å². The third-order valence-electron chi connectivity index (χ3n) is 4.06. The molecule has 2 aromatic rings. The van der Waals surface area contributed by atoms with Gasteiger partial charge < -0.3 is 0 Å². The number of benzene rings is 2. The molecule has 2 aromatic carbocycles. The lowest BCUT2D eigenvalue weighted by Crippen LogP contribution is -2.30. The minimum atomic E-state index is -3.48. The molecule has 1 aliphatic rings. The van der Waals surface area contributed by atoms with Crippen molar-refractivity contribution in [1.82, 2.24) is 4.31 Å². The summed E-state index contributed by atoms with van der Waals surface area (Å²) in [6.45, 7) is 2.49. The van der Waals surface area contributed by atoms with Gasteiger partial charge in [-0.05, 0) is 49.6 Å². The molecule has 1 saturated heterocycles. The fourth-order valence-electron chi connectivity index (χ4n) is 2.92. The number of hydrogen-bond acceptors (Lipinski definition) is 2. The first-order valence-corrected chi connectivity index (χ1v) is 9.14. The average molecular weight is 336 g/mol. The molecule has 3 rings (SSSR count). The van der Waals surface area contributed by atoms with Crippen molar-refractivity contribution < 1.29 is 8.42 Å². The Morgan fingerprint density at radius 2 is 1.86 bits per heavy atom. The van der Waals surface area contributed by atoms with Crippen molar-refractivity contribution in [1.29, 1.82) is 0 Å². The summed E-state index contributed by atoms with van der Waals surface area (Å²) in [5.41, 5.74) is 2.01. The number of sulfonamides is 1. The van der Waals surface area contributed by atoms with E-state index in [2.05, 4.69) is 0 Å². The minimum Gasteiger partial charge on any atom is -0.207 e. The first kappa shape index (κ1) is 15.5. The van der Waals surface area contributed by atoms with Crippen LogP contribution in [0, 0.1) is 6.92 Å². The maximum Gasteiger partial charge on any atom is 0.243 e. The Labute approximate surface area is 136 Å². The van der Waals surface area contributed by atoms with Crippen LogP contribution in [0.25, 0.3) is 0 Å². The van der Waals surface area contributed by atoms with Gasteiger partial charge in [0.15, 0.2) is 0 Å². The molecule has 0 spiro atoms. The molecule has 5 heteroatoms. The highest BCUT2D eigenvalue weighted by Gasteiger charge is 2.36. The smallest absolute Gasteiger partial charge is 0.207 e. The second-order valence-corrected chi connectivity index (χ2v) is 7.97. The summed E-state index contributed by atoms with van der Waals surface area (Å²) in [6.07, 6.45) is 1.69. The van der Waals surface area contributed by atoms with Gasteiger partial charge in [-0.25, -0.2) is 8.42 Å². The maximum atomic E-state index is 12.9. The highest BCUT2D eigenvalue weighted by molar-refractivity contribution is 7.89. The van der Waals surface area contributed by atoms with Gasteiger partial charge in [-0.1, -0.05) is 41.4 Å². The summed E-state index contributed by atoms with van der Waals surface area (Å²) in [6, 6.07) is 14.4. The minimum absolute atomic E-state index is 0.134. The number of aryl methyl sites for hydroxylation is 1. The molecule has 116 valence electrons.